The summed E-state index contributed by atoms with van der Waals surface area (Å²) in [6.07, 6.45) is 4.69. The lowest BCUT2D eigenvalue weighted by Gasteiger charge is -2.38. The van der Waals surface area contributed by atoms with Crippen molar-refractivity contribution >= 4 is 16.3 Å². The van der Waals surface area contributed by atoms with Crippen molar-refractivity contribution in [2.75, 3.05) is 26.7 Å². The fourth-order valence-corrected chi connectivity index (χ4v) is 3.75. The topological polar surface area (TPSA) is 32.6 Å². The predicted octanol–water partition coefficient (Wildman–Crippen LogP) is 2.53. The van der Waals surface area contributed by atoms with Gasteiger partial charge in [-0.25, -0.2) is 4.98 Å². The van der Waals surface area contributed by atoms with Crippen molar-refractivity contribution in [1.29, 1.82) is 0 Å². The van der Waals surface area contributed by atoms with Crippen molar-refractivity contribution in [2.45, 2.75) is 33.2 Å². The van der Waals surface area contributed by atoms with E-state index in [1.807, 2.05) is 0 Å². The standard InChI is InChI=1S/C15H24N4S/c1-12-13(19-8-9-20-14(19)17-12)10-16-11-15(2)4-6-18(3)7-5-15/h8-9,16H,4-7,10-11H2,1-3H3. The molecule has 5 heteroatoms. The van der Waals surface area contributed by atoms with Gasteiger partial charge in [-0.15, -0.1) is 11.3 Å². The maximum absolute atomic E-state index is 4.60. The molecule has 4 nitrogen and oxygen atoms in total. The molecule has 0 radical (unpaired) electrons. The Morgan fingerprint density at radius 3 is 2.90 bits per heavy atom. The summed E-state index contributed by atoms with van der Waals surface area (Å²) in [6.45, 7) is 8.97. The molecular formula is C15H24N4S. The van der Waals surface area contributed by atoms with Crippen LogP contribution in [-0.4, -0.2) is 41.0 Å². The van der Waals surface area contributed by atoms with Gasteiger partial charge in [0.1, 0.15) is 0 Å². The first kappa shape index (κ1) is 14.0. The van der Waals surface area contributed by atoms with Gasteiger partial charge in [-0.05, 0) is 45.3 Å². The predicted molar refractivity (Wildman–Crippen MR) is 84.4 cm³/mol. The van der Waals surface area contributed by atoms with Gasteiger partial charge in [-0.1, -0.05) is 6.92 Å². The highest BCUT2D eigenvalue weighted by atomic mass is 32.1. The zero-order chi connectivity index (χ0) is 14.2. The van der Waals surface area contributed by atoms with Crippen molar-refractivity contribution in [3.05, 3.63) is 23.0 Å². The zero-order valence-electron chi connectivity index (χ0n) is 12.6. The summed E-state index contributed by atoms with van der Waals surface area (Å²) in [5.74, 6) is 0. The van der Waals surface area contributed by atoms with Crippen molar-refractivity contribution in [1.82, 2.24) is 19.6 Å². The Hall–Kier alpha value is -0.910. The highest BCUT2D eigenvalue weighted by molar-refractivity contribution is 7.15. The molecule has 20 heavy (non-hydrogen) atoms. The summed E-state index contributed by atoms with van der Waals surface area (Å²) in [5.41, 5.74) is 2.90. The molecule has 3 heterocycles. The molecule has 1 aliphatic rings. The fourth-order valence-electron chi connectivity index (χ4n) is 2.97. The van der Waals surface area contributed by atoms with Gasteiger partial charge < -0.3 is 10.2 Å². The normalized spacial score (nSPS) is 19.8. The van der Waals surface area contributed by atoms with Gasteiger partial charge in [0.25, 0.3) is 0 Å². The Bertz CT molecular complexity index is 578. The lowest BCUT2D eigenvalue weighted by atomic mass is 9.80. The Morgan fingerprint density at radius 1 is 1.40 bits per heavy atom. The number of fused-ring (bicyclic) bond motifs is 1. The van der Waals surface area contributed by atoms with Gasteiger partial charge in [-0.2, -0.15) is 0 Å². The molecule has 0 bridgehead atoms. The number of aryl methyl sites for hydroxylation is 1. The molecule has 0 spiro atoms. The van der Waals surface area contributed by atoms with Gasteiger partial charge >= 0.3 is 0 Å². The number of nitrogens with zero attached hydrogens (tertiary/aromatic N) is 3. The number of thiazole rings is 1. The molecule has 2 aromatic heterocycles. The molecule has 0 saturated carbocycles. The molecule has 3 rings (SSSR count). The molecular weight excluding hydrogens is 268 g/mol. The lowest BCUT2D eigenvalue weighted by Crippen LogP contribution is -2.42. The average Bonchev–Trinajstić information content (AvgIpc) is 2.96. The van der Waals surface area contributed by atoms with E-state index in [4.69, 9.17) is 0 Å². The number of likely N-dealkylation sites (tertiary alicyclic amines) is 1. The Kier molecular flexibility index (Phi) is 3.84. The van der Waals surface area contributed by atoms with Gasteiger partial charge in [0.15, 0.2) is 4.96 Å². The summed E-state index contributed by atoms with van der Waals surface area (Å²) >= 11 is 1.70. The lowest BCUT2D eigenvalue weighted by molar-refractivity contribution is 0.136. The summed E-state index contributed by atoms with van der Waals surface area (Å²) in [6, 6.07) is 0. The van der Waals surface area contributed by atoms with E-state index in [0.29, 0.717) is 5.41 Å². The molecule has 2 aromatic rings. The monoisotopic (exact) mass is 292 g/mol. The Balaban J connectivity index is 1.60. The van der Waals surface area contributed by atoms with E-state index in [1.54, 1.807) is 11.3 Å². The van der Waals surface area contributed by atoms with Crippen molar-refractivity contribution in [3.8, 4) is 0 Å². The SMILES string of the molecule is Cc1nc2sccn2c1CNCC1(C)CCN(C)CC1. The molecule has 1 aliphatic heterocycles. The minimum Gasteiger partial charge on any atom is -0.311 e. The number of hydrogen-bond donors (Lipinski definition) is 1. The van der Waals surface area contributed by atoms with Gasteiger partial charge in [-0.3, -0.25) is 4.40 Å². The first-order valence-electron chi connectivity index (χ1n) is 7.38. The summed E-state index contributed by atoms with van der Waals surface area (Å²) in [4.78, 5) is 8.13. The molecule has 0 atom stereocenters. The molecule has 110 valence electrons. The van der Waals surface area contributed by atoms with E-state index >= 15 is 0 Å². The number of hydrogen-bond acceptors (Lipinski definition) is 4. The van der Waals surface area contributed by atoms with Gasteiger partial charge in [0.05, 0.1) is 11.4 Å². The minimum atomic E-state index is 0.443. The smallest absolute Gasteiger partial charge is 0.194 e. The van der Waals surface area contributed by atoms with E-state index in [1.165, 1.54) is 31.6 Å². The molecule has 0 aliphatic carbocycles. The maximum Gasteiger partial charge on any atom is 0.194 e. The quantitative estimate of drug-likeness (QED) is 0.940. The van der Waals surface area contributed by atoms with Crippen LogP contribution in [0.2, 0.25) is 0 Å². The maximum atomic E-state index is 4.60. The second-order valence-electron chi connectivity index (χ2n) is 6.42. The molecule has 1 saturated heterocycles. The van der Waals surface area contributed by atoms with Crippen LogP contribution in [-0.2, 0) is 6.54 Å². The molecule has 1 fully saturated rings. The summed E-state index contributed by atoms with van der Waals surface area (Å²) in [7, 11) is 2.22. The Morgan fingerprint density at radius 2 is 2.15 bits per heavy atom. The average molecular weight is 292 g/mol. The highest BCUT2D eigenvalue weighted by Crippen LogP contribution is 2.29. The Labute approximate surface area is 124 Å². The highest BCUT2D eigenvalue weighted by Gasteiger charge is 2.28. The second kappa shape index (κ2) is 5.47. The minimum absolute atomic E-state index is 0.443. The van der Waals surface area contributed by atoms with Crippen molar-refractivity contribution < 1.29 is 0 Å². The van der Waals surface area contributed by atoms with Crippen LogP contribution in [0.15, 0.2) is 11.6 Å². The van der Waals surface area contributed by atoms with Gasteiger partial charge in [0.2, 0.25) is 0 Å². The number of aromatic nitrogens is 2. The van der Waals surface area contributed by atoms with E-state index in [9.17, 15) is 0 Å². The largest absolute Gasteiger partial charge is 0.311 e. The molecule has 0 amide bonds. The summed E-state index contributed by atoms with van der Waals surface area (Å²) in [5, 5.41) is 5.76. The zero-order valence-corrected chi connectivity index (χ0v) is 13.5. The van der Waals surface area contributed by atoms with Crippen LogP contribution in [0.4, 0.5) is 0 Å². The van der Waals surface area contributed by atoms with Crippen LogP contribution in [0.5, 0.6) is 0 Å². The van der Waals surface area contributed by atoms with Crippen LogP contribution in [0.3, 0.4) is 0 Å². The molecule has 0 aromatic carbocycles. The van der Waals surface area contributed by atoms with Crippen LogP contribution >= 0.6 is 11.3 Å². The second-order valence-corrected chi connectivity index (χ2v) is 7.29. The number of imidazole rings is 1. The third kappa shape index (κ3) is 2.75. The van der Waals surface area contributed by atoms with Crippen molar-refractivity contribution in [2.24, 2.45) is 5.41 Å². The van der Waals surface area contributed by atoms with E-state index in [-0.39, 0.29) is 0 Å². The molecule has 0 unspecified atom stereocenters. The number of nitrogens with one attached hydrogen (secondary N) is 1. The number of piperidine rings is 1. The van der Waals surface area contributed by atoms with Crippen LogP contribution < -0.4 is 5.32 Å². The van der Waals surface area contributed by atoms with E-state index in [2.05, 4.69) is 52.1 Å². The first-order valence-corrected chi connectivity index (χ1v) is 8.26. The number of rotatable bonds is 4. The van der Waals surface area contributed by atoms with Crippen LogP contribution in [0.1, 0.15) is 31.2 Å². The first-order chi connectivity index (χ1) is 9.57. The van der Waals surface area contributed by atoms with Gasteiger partial charge in [0, 0.05) is 24.7 Å². The fraction of sp³-hybridized carbons (Fsp3) is 0.667. The molecule has 1 N–H and O–H groups in total. The summed E-state index contributed by atoms with van der Waals surface area (Å²) < 4.78 is 2.21. The van der Waals surface area contributed by atoms with E-state index < -0.39 is 0 Å². The van der Waals surface area contributed by atoms with Crippen LogP contribution in [0, 0.1) is 12.3 Å². The van der Waals surface area contributed by atoms with Crippen molar-refractivity contribution in [3.63, 3.8) is 0 Å². The van der Waals surface area contributed by atoms with E-state index in [0.717, 1.165) is 23.7 Å². The third-order valence-electron chi connectivity index (χ3n) is 4.60. The van der Waals surface area contributed by atoms with Crippen LogP contribution in [0.25, 0.3) is 4.96 Å². The third-order valence-corrected chi connectivity index (χ3v) is 5.36.